The van der Waals surface area contributed by atoms with Gasteiger partial charge in [0.1, 0.15) is 23.5 Å². The Hall–Kier alpha value is -2.19. The monoisotopic (exact) mass is 248 g/mol. The summed E-state index contributed by atoms with van der Waals surface area (Å²) in [6.45, 7) is 0.532. The van der Waals surface area contributed by atoms with Gasteiger partial charge in [0.05, 0.1) is 6.54 Å². The Balaban J connectivity index is 1.92. The van der Waals surface area contributed by atoms with Gasteiger partial charge in [-0.1, -0.05) is 0 Å². The number of nitriles is 1. The molecule has 1 aromatic carbocycles. The number of nitrogens with zero attached hydrogens (tertiary/aromatic N) is 1. The number of furan rings is 1. The SMILES string of the molecule is N#Cc1ccc(CNCc2cc(F)ccc2F)o1. The number of hydrogen-bond donors (Lipinski definition) is 1. The van der Waals surface area contributed by atoms with Gasteiger partial charge in [-0.3, -0.25) is 0 Å². The Morgan fingerprint density at radius 3 is 2.72 bits per heavy atom. The van der Waals surface area contributed by atoms with Gasteiger partial charge < -0.3 is 9.73 Å². The molecule has 92 valence electrons. The smallest absolute Gasteiger partial charge is 0.203 e. The Kier molecular flexibility index (Phi) is 3.70. The van der Waals surface area contributed by atoms with Crippen LogP contribution in [0, 0.1) is 23.0 Å². The fraction of sp³-hybridized carbons (Fsp3) is 0.154. The summed E-state index contributed by atoms with van der Waals surface area (Å²) in [5, 5.41) is 11.5. The van der Waals surface area contributed by atoms with Gasteiger partial charge in [0.2, 0.25) is 5.76 Å². The zero-order valence-electron chi connectivity index (χ0n) is 9.41. The van der Waals surface area contributed by atoms with Crippen LogP contribution in [-0.4, -0.2) is 0 Å². The first kappa shape index (κ1) is 12.3. The third-order valence-electron chi connectivity index (χ3n) is 2.39. The first-order valence-corrected chi connectivity index (χ1v) is 5.32. The van der Waals surface area contributed by atoms with E-state index in [-0.39, 0.29) is 17.9 Å². The Bertz CT molecular complexity index is 587. The first-order valence-electron chi connectivity index (χ1n) is 5.32. The summed E-state index contributed by atoms with van der Waals surface area (Å²) >= 11 is 0. The molecule has 2 aromatic rings. The van der Waals surface area contributed by atoms with Crippen molar-refractivity contribution in [2.45, 2.75) is 13.1 Å². The Labute approximate surface area is 103 Å². The van der Waals surface area contributed by atoms with Crippen LogP contribution in [0.4, 0.5) is 8.78 Å². The van der Waals surface area contributed by atoms with Gasteiger partial charge in [0.25, 0.3) is 0 Å². The molecule has 2 rings (SSSR count). The summed E-state index contributed by atoms with van der Waals surface area (Å²) in [7, 11) is 0. The number of hydrogen-bond acceptors (Lipinski definition) is 3. The van der Waals surface area contributed by atoms with Gasteiger partial charge in [-0.25, -0.2) is 8.78 Å². The zero-order chi connectivity index (χ0) is 13.0. The number of rotatable bonds is 4. The summed E-state index contributed by atoms with van der Waals surface area (Å²) in [4.78, 5) is 0. The molecule has 0 aliphatic carbocycles. The Morgan fingerprint density at radius 1 is 1.17 bits per heavy atom. The highest BCUT2D eigenvalue weighted by molar-refractivity contribution is 5.20. The van der Waals surface area contributed by atoms with Crippen molar-refractivity contribution in [3.8, 4) is 6.07 Å². The van der Waals surface area contributed by atoms with Crippen LogP contribution in [0.1, 0.15) is 17.1 Å². The van der Waals surface area contributed by atoms with E-state index >= 15 is 0 Å². The van der Waals surface area contributed by atoms with Gasteiger partial charge >= 0.3 is 0 Å². The van der Waals surface area contributed by atoms with Gasteiger partial charge in [0, 0.05) is 12.1 Å². The van der Waals surface area contributed by atoms with Crippen LogP contribution in [0.2, 0.25) is 0 Å². The highest BCUT2D eigenvalue weighted by Crippen LogP contribution is 2.10. The van der Waals surface area contributed by atoms with E-state index in [0.29, 0.717) is 12.3 Å². The van der Waals surface area contributed by atoms with Crippen LogP contribution >= 0.6 is 0 Å². The molecule has 0 saturated carbocycles. The van der Waals surface area contributed by atoms with Gasteiger partial charge in [-0.05, 0) is 30.3 Å². The van der Waals surface area contributed by atoms with Crippen LogP contribution in [0.3, 0.4) is 0 Å². The molecule has 0 fully saturated rings. The maximum atomic E-state index is 13.3. The fourth-order valence-electron chi connectivity index (χ4n) is 1.53. The van der Waals surface area contributed by atoms with Crippen molar-refractivity contribution in [3.05, 3.63) is 59.1 Å². The summed E-state index contributed by atoms with van der Waals surface area (Å²) in [5.74, 6) is -0.133. The van der Waals surface area contributed by atoms with E-state index in [1.165, 1.54) is 0 Å². The molecule has 0 atom stereocenters. The van der Waals surface area contributed by atoms with Crippen molar-refractivity contribution in [2.75, 3.05) is 0 Å². The van der Waals surface area contributed by atoms with E-state index in [4.69, 9.17) is 9.68 Å². The molecule has 0 aliphatic rings. The lowest BCUT2D eigenvalue weighted by Crippen LogP contribution is -2.13. The van der Waals surface area contributed by atoms with Crippen LogP contribution in [0.15, 0.2) is 34.7 Å². The molecule has 0 amide bonds. The second kappa shape index (κ2) is 5.43. The van der Waals surface area contributed by atoms with Crippen LogP contribution in [-0.2, 0) is 13.1 Å². The third kappa shape index (κ3) is 2.93. The maximum Gasteiger partial charge on any atom is 0.203 e. The lowest BCUT2D eigenvalue weighted by Gasteiger charge is -2.04. The molecule has 1 aromatic heterocycles. The number of benzene rings is 1. The average molecular weight is 248 g/mol. The quantitative estimate of drug-likeness (QED) is 0.905. The second-order valence-electron chi connectivity index (χ2n) is 3.72. The summed E-state index contributed by atoms with van der Waals surface area (Å²) in [6.07, 6.45) is 0. The maximum absolute atomic E-state index is 13.3. The topological polar surface area (TPSA) is 49.0 Å². The number of halogens is 2. The molecule has 5 heteroatoms. The largest absolute Gasteiger partial charge is 0.449 e. The van der Waals surface area contributed by atoms with E-state index in [9.17, 15) is 8.78 Å². The minimum atomic E-state index is -0.474. The molecule has 0 radical (unpaired) electrons. The highest BCUT2D eigenvalue weighted by Gasteiger charge is 2.05. The molecule has 0 saturated heterocycles. The zero-order valence-corrected chi connectivity index (χ0v) is 9.41. The molecular weight excluding hydrogens is 238 g/mol. The van der Waals surface area contributed by atoms with E-state index < -0.39 is 11.6 Å². The summed E-state index contributed by atoms with van der Waals surface area (Å²) < 4.78 is 31.3. The molecule has 0 bridgehead atoms. The lowest BCUT2D eigenvalue weighted by atomic mass is 10.2. The van der Waals surface area contributed by atoms with Crippen molar-refractivity contribution in [1.82, 2.24) is 5.32 Å². The van der Waals surface area contributed by atoms with E-state index in [1.807, 2.05) is 6.07 Å². The van der Waals surface area contributed by atoms with E-state index in [2.05, 4.69) is 5.32 Å². The van der Waals surface area contributed by atoms with Gasteiger partial charge in [0.15, 0.2) is 0 Å². The van der Waals surface area contributed by atoms with Crippen molar-refractivity contribution in [1.29, 1.82) is 5.26 Å². The van der Waals surface area contributed by atoms with Gasteiger partial charge in [-0.2, -0.15) is 5.26 Å². The fourth-order valence-corrected chi connectivity index (χ4v) is 1.53. The molecule has 18 heavy (non-hydrogen) atoms. The van der Waals surface area contributed by atoms with Crippen molar-refractivity contribution < 1.29 is 13.2 Å². The van der Waals surface area contributed by atoms with Gasteiger partial charge in [-0.15, -0.1) is 0 Å². The van der Waals surface area contributed by atoms with E-state index in [0.717, 1.165) is 18.2 Å². The molecule has 3 nitrogen and oxygen atoms in total. The molecule has 0 unspecified atom stereocenters. The summed E-state index contributed by atoms with van der Waals surface area (Å²) in [6, 6.07) is 8.39. The van der Waals surface area contributed by atoms with E-state index in [1.54, 1.807) is 12.1 Å². The Morgan fingerprint density at radius 2 is 2.00 bits per heavy atom. The molecular formula is C13H10F2N2O. The van der Waals surface area contributed by atoms with Crippen LogP contribution < -0.4 is 5.32 Å². The standard InChI is InChI=1S/C13H10F2N2O/c14-10-1-4-13(15)9(5-10)7-17-8-12-3-2-11(6-16)18-12/h1-5,17H,7-8H2. The van der Waals surface area contributed by atoms with Crippen LogP contribution in [0.25, 0.3) is 0 Å². The second-order valence-corrected chi connectivity index (χ2v) is 3.72. The molecule has 0 spiro atoms. The molecule has 1 heterocycles. The first-order chi connectivity index (χ1) is 8.69. The predicted octanol–water partition coefficient (Wildman–Crippen LogP) is 2.72. The molecule has 0 aliphatic heterocycles. The normalized spacial score (nSPS) is 10.3. The van der Waals surface area contributed by atoms with Crippen molar-refractivity contribution in [3.63, 3.8) is 0 Å². The number of nitrogens with one attached hydrogen (secondary N) is 1. The average Bonchev–Trinajstić information content (AvgIpc) is 2.81. The lowest BCUT2D eigenvalue weighted by molar-refractivity contribution is 0.470. The highest BCUT2D eigenvalue weighted by atomic mass is 19.1. The predicted molar refractivity (Wildman–Crippen MR) is 60.3 cm³/mol. The van der Waals surface area contributed by atoms with Crippen molar-refractivity contribution in [2.24, 2.45) is 0 Å². The minimum absolute atomic E-state index is 0.187. The van der Waals surface area contributed by atoms with Crippen molar-refractivity contribution >= 4 is 0 Å². The van der Waals surface area contributed by atoms with Crippen LogP contribution in [0.5, 0.6) is 0 Å². The third-order valence-corrected chi connectivity index (χ3v) is 2.39. The summed E-state index contributed by atoms with van der Waals surface area (Å²) in [5.41, 5.74) is 0.252. The molecule has 1 N–H and O–H groups in total. The minimum Gasteiger partial charge on any atom is -0.449 e.